The molecule has 0 amide bonds. The quantitative estimate of drug-likeness (QED) is 0.738. The Bertz CT molecular complexity index is 279. The Balaban J connectivity index is 2.00. The predicted octanol–water partition coefficient (Wildman–Crippen LogP) is 1.73. The molecule has 1 aromatic rings. The number of aromatic nitrogens is 2. The summed E-state index contributed by atoms with van der Waals surface area (Å²) in [7, 11) is 1.69. The molecule has 0 aromatic carbocycles. The van der Waals surface area contributed by atoms with Crippen LogP contribution in [0.25, 0.3) is 0 Å². The molecule has 1 aliphatic rings. The second-order valence-electron chi connectivity index (χ2n) is 3.58. The topological polar surface area (TPSA) is 36.3 Å². The van der Waals surface area contributed by atoms with E-state index in [1.165, 1.54) is 12.8 Å². The molecule has 1 aromatic heterocycles. The Hall–Kier alpha value is -0.870. The molecular formula is C10H16N2O2. The third kappa shape index (κ3) is 2.13. The average molecular weight is 196 g/mol. The van der Waals surface area contributed by atoms with Crippen LogP contribution in [0.2, 0.25) is 0 Å². The summed E-state index contributed by atoms with van der Waals surface area (Å²) in [5, 5.41) is 4.27. The van der Waals surface area contributed by atoms with Crippen molar-refractivity contribution in [3.05, 3.63) is 18.0 Å². The third-order valence-electron chi connectivity index (χ3n) is 2.42. The van der Waals surface area contributed by atoms with Gasteiger partial charge in [0, 0.05) is 25.5 Å². The van der Waals surface area contributed by atoms with Crippen molar-refractivity contribution in [3.8, 4) is 0 Å². The molecule has 2 rings (SSSR count). The summed E-state index contributed by atoms with van der Waals surface area (Å²) in [5.74, 6) is 0. The summed E-state index contributed by atoms with van der Waals surface area (Å²) in [6, 6.07) is 0. The van der Waals surface area contributed by atoms with Gasteiger partial charge in [-0.1, -0.05) is 0 Å². The van der Waals surface area contributed by atoms with Crippen LogP contribution in [-0.2, 0) is 16.1 Å². The summed E-state index contributed by atoms with van der Waals surface area (Å²) in [6.45, 7) is 1.47. The van der Waals surface area contributed by atoms with Crippen LogP contribution in [0.3, 0.4) is 0 Å². The molecule has 14 heavy (non-hydrogen) atoms. The van der Waals surface area contributed by atoms with E-state index >= 15 is 0 Å². The second kappa shape index (κ2) is 4.57. The van der Waals surface area contributed by atoms with Gasteiger partial charge in [-0.25, -0.2) is 4.68 Å². The van der Waals surface area contributed by atoms with Crippen LogP contribution in [0.15, 0.2) is 12.4 Å². The Morgan fingerprint density at radius 2 is 2.57 bits per heavy atom. The van der Waals surface area contributed by atoms with Crippen molar-refractivity contribution in [2.45, 2.75) is 32.1 Å². The second-order valence-corrected chi connectivity index (χ2v) is 3.58. The van der Waals surface area contributed by atoms with Crippen molar-refractivity contribution < 1.29 is 9.47 Å². The maximum absolute atomic E-state index is 5.62. The lowest BCUT2D eigenvalue weighted by Gasteiger charge is -2.22. The fraction of sp³-hybridized carbons (Fsp3) is 0.700. The zero-order valence-corrected chi connectivity index (χ0v) is 8.48. The number of hydrogen-bond acceptors (Lipinski definition) is 3. The third-order valence-corrected chi connectivity index (χ3v) is 2.42. The lowest BCUT2D eigenvalue weighted by molar-refractivity contribution is -0.0395. The Morgan fingerprint density at radius 3 is 3.29 bits per heavy atom. The summed E-state index contributed by atoms with van der Waals surface area (Å²) in [4.78, 5) is 0. The molecule has 1 fully saturated rings. The Kier molecular flexibility index (Phi) is 3.16. The van der Waals surface area contributed by atoms with Crippen LogP contribution >= 0.6 is 0 Å². The van der Waals surface area contributed by atoms with E-state index in [1.807, 2.05) is 17.1 Å². The van der Waals surface area contributed by atoms with Gasteiger partial charge in [-0.2, -0.15) is 5.10 Å². The smallest absolute Gasteiger partial charge is 0.150 e. The standard InChI is InChI=1S/C10H16N2O2/c1-13-8-9-6-11-12(7-9)10-4-2-3-5-14-10/h6-7,10H,2-5,8H2,1H3. The largest absolute Gasteiger partial charge is 0.380 e. The van der Waals surface area contributed by atoms with Gasteiger partial charge in [0.15, 0.2) is 0 Å². The van der Waals surface area contributed by atoms with Crippen molar-refractivity contribution >= 4 is 0 Å². The van der Waals surface area contributed by atoms with Gasteiger partial charge in [-0.3, -0.25) is 0 Å². The van der Waals surface area contributed by atoms with E-state index in [1.54, 1.807) is 7.11 Å². The summed E-state index contributed by atoms with van der Waals surface area (Å²) >= 11 is 0. The highest BCUT2D eigenvalue weighted by Gasteiger charge is 2.16. The maximum atomic E-state index is 5.62. The van der Waals surface area contributed by atoms with E-state index in [2.05, 4.69) is 5.10 Å². The summed E-state index contributed by atoms with van der Waals surface area (Å²) in [5.41, 5.74) is 1.10. The van der Waals surface area contributed by atoms with Crippen molar-refractivity contribution in [2.75, 3.05) is 13.7 Å². The first-order valence-corrected chi connectivity index (χ1v) is 5.04. The van der Waals surface area contributed by atoms with Crippen LogP contribution in [-0.4, -0.2) is 23.5 Å². The monoisotopic (exact) mass is 196 g/mol. The van der Waals surface area contributed by atoms with Crippen LogP contribution in [0.4, 0.5) is 0 Å². The van der Waals surface area contributed by atoms with Gasteiger partial charge in [0.05, 0.1) is 12.8 Å². The first kappa shape index (κ1) is 9.68. The van der Waals surface area contributed by atoms with Crippen LogP contribution in [0.5, 0.6) is 0 Å². The fourth-order valence-corrected chi connectivity index (χ4v) is 1.71. The molecule has 0 radical (unpaired) electrons. The molecule has 0 aliphatic carbocycles. The molecule has 4 heteroatoms. The number of nitrogens with zero attached hydrogens (tertiary/aromatic N) is 2. The van der Waals surface area contributed by atoms with E-state index in [0.29, 0.717) is 6.61 Å². The molecule has 2 heterocycles. The predicted molar refractivity (Wildman–Crippen MR) is 51.8 cm³/mol. The lowest BCUT2D eigenvalue weighted by Crippen LogP contribution is -2.18. The summed E-state index contributed by atoms with van der Waals surface area (Å²) in [6.07, 6.45) is 7.43. The molecule has 1 unspecified atom stereocenters. The zero-order valence-electron chi connectivity index (χ0n) is 8.48. The van der Waals surface area contributed by atoms with Gasteiger partial charge in [0.1, 0.15) is 6.23 Å². The van der Waals surface area contributed by atoms with E-state index in [4.69, 9.17) is 9.47 Å². The molecule has 0 saturated carbocycles. The van der Waals surface area contributed by atoms with Gasteiger partial charge < -0.3 is 9.47 Å². The van der Waals surface area contributed by atoms with Gasteiger partial charge in [-0.15, -0.1) is 0 Å². The van der Waals surface area contributed by atoms with Crippen molar-refractivity contribution in [1.82, 2.24) is 9.78 Å². The number of rotatable bonds is 3. The molecule has 0 bridgehead atoms. The Morgan fingerprint density at radius 1 is 1.64 bits per heavy atom. The lowest BCUT2D eigenvalue weighted by atomic mass is 10.2. The first-order chi connectivity index (χ1) is 6.90. The highest BCUT2D eigenvalue weighted by Crippen LogP contribution is 2.21. The first-order valence-electron chi connectivity index (χ1n) is 5.04. The van der Waals surface area contributed by atoms with Crippen molar-refractivity contribution in [3.63, 3.8) is 0 Å². The fourth-order valence-electron chi connectivity index (χ4n) is 1.71. The minimum atomic E-state index is 0.134. The normalized spacial score (nSPS) is 22.5. The average Bonchev–Trinajstić information content (AvgIpc) is 2.68. The molecule has 4 nitrogen and oxygen atoms in total. The van der Waals surface area contributed by atoms with E-state index in [0.717, 1.165) is 18.6 Å². The highest BCUT2D eigenvalue weighted by atomic mass is 16.5. The molecular weight excluding hydrogens is 180 g/mol. The molecule has 0 spiro atoms. The van der Waals surface area contributed by atoms with Crippen molar-refractivity contribution in [1.29, 1.82) is 0 Å². The van der Waals surface area contributed by atoms with E-state index in [9.17, 15) is 0 Å². The van der Waals surface area contributed by atoms with Crippen LogP contribution in [0, 0.1) is 0 Å². The number of ether oxygens (including phenoxy) is 2. The molecule has 1 atom stereocenters. The molecule has 1 saturated heterocycles. The minimum absolute atomic E-state index is 0.134. The summed E-state index contributed by atoms with van der Waals surface area (Å²) < 4.78 is 12.5. The highest BCUT2D eigenvalue weighted by molar-refractivity contribution is 5.02. The SMILES string of the molecule is COCc1cnn(C2CCCCO2)c1. The van der Waals surface area contributed by atoms with E-state index in [-0.39, 0.29) is 6.23 Å². The maximum Gasteiger partial charge on any atom is 0.150 e. The molecule has 78 valence electrons. The van der Waals surface area contributed by atoms with Gasteiger partial charge in [-0.05, 0) is 19.3 Å². The van der Waals surface area contributed by atoms with Gasteiger partial charge >= 0.3 is 0 Å². The molecule has 1 aliphatic heterocycles. The van der Waals surface area contributed by atoms with Gasteiger partial charge in [0.25, 0.3) is 0 Å². The number of methoxy groups -OCH3 is 1. The number of hydrogen-bond donors (Lipinski definition) is 0. The van der Waals surface area contributed by atoms with E-state index < -0.39 is 0 Å². The van der Waals surface area contributed by atoms with Crippen LogP contribution < -0.4 is 0 Å². The van der Waals surface area contributed by atoms with Gasteiger partial charge in [0.2, 0.25) is 0 Å². The molecule has 0 N–H and O–H groups in total. The zero-order chi connectivity index (χ0) is 9.80. The minimum Gasteiger partial charge on any atom is -0.380 e. The van der Waals surface area contributed by atoms with Crippen molar-refractivity contribution in [2.24, 2.45) is 0 Å². The van der Waals surface area contributed by atoms with Crippen LogP contribution in [0.1, 0.15) is 31.1 Å². The Labute approximate surface area is 83.8 Å².